The van der Waals surface area contributed by atoms with Gasteiger partial charge in [-0.1, -0.05) is 12.5 Å². The molecular weight excluding hydrogens is 264 g/mol. The number of nitrogens with zero attached hydrogens (tertiary/aromatic N) is 1. The normalized spacial score (nSPS) is 21.3. The molecule has 2 unspecified atom stereocenters. The third kappa shape index (κ3) is 2.40. The Morgan fingerprint density at radius 3 is 3.10 bits per heavy atom. The number of nitrogens with one attached hydrogen (secondary N) is 1. The number of nitriles is 1. The van der Waals surface area contributed by atoms with Gasteiger partial charge in [0.1, 0.15) is 6.07 Å². The molecule has 1 aliphatic rings. The second kappa shape index (κ2) is 5.61. The van der Waals surface area contributed by atoms with E-state index in [1.54, 1.807) is 6.20 Å². The van der Waals surface area contributed by atoms with Gasteiger partial charge in [-0.3, -0.25) is 4.79 Å². The lowest BCUT2D eigenvalue weighted by Gasteiger charge is -2.18. The van der Waals surface area contributed by atoms with Gasteiger partial charge < -0.3 is 9.72 Å². The first-order valence-electron chi connectivity index (χ1n) is 7.42. The maximum atomic E-state index is 12.1. The first-order valence-corrected chi connectivity index (χ1v) is 7.42. The lowest BCUT2D eigenvalue weighted by atomic mass is 9.88. The van der Waals surface area contributed by atoms with Gasteiger partial charge in [-0.25, -0.2) is 0 Å². The van der Waals surface area contributed by atoms with Crippen LogP contribution in [-0.4, -0.2) is 17.6 Å². The molecule has 1 aromatic heterocycles. The molecule has 4 heteroatoms. The van der Waals surface area contributed by atoms with E-state index >= 15 is 0 Å². The zero-order valence-corrected chi connectivity index (χ0v) is 12.1. The summed E-state index contributed by atoms with van der Waals surface area (Å²) in [5.41, 5.74) is 2.74. The number of fused-ring (bicyclic) bond motifs is 1. The molecule has 0 radical (unpaired) electrons. The fourth-order valence-electron chi connectivity index (χ4n) is 3.35. The number of carbonyl (C=O) groups is 1. The van der Waals surface area contributed by atoms with Gasteiger partial charge in [0.15, 0.2) is 0 Å². The molecule has 0 saturated heterocycles. The largest absolute Gasteiger partial charge is 0.466 e. The van der Waals surface area contributed by atoms with Crippen LogP contribution in [0.3, 0.4) is 0 Å². The van der Waals surface area contributed by atoms with Crippen LogP contribution in [0.1, 0.15) is 43.2 Å². The predicted octanol–water partition coefficient (Wildman–Crippen LogP) is 3.49. The smallest absolute Gasteiger partial charge is 0.309 e. The van der Waals surface area contributed by atoms with Crippen molar-refractivity contribution in [3.05, 3.63) is 35.5 Å². The molecule has 2 aromatic rings. The molecule has 2 atom stereocenters. The van der Waals surface area contributed by atoms with Gasteiger partial charge in [-0.05, 0) is 43.4 Å². The van der Waals surface area contributed by atoms with Crippen molar-refractivity contribution in [2.24, 2.45) is 5.92 Å². The summed E-state index contributed by atoms with van der Waals surface area (Å²) in [5, 5.41) is 10.1. The minimum absolute atomic E-state index is 0.0492. The molecule has 1 aliphatic carbocycles. The third-order valence-corrected chi connectivity index (χ3v) is 4.36. The highest BCUT2D eigenvalue weighted by atomic mass is 16.5. The van der Waals surface area contributed by atoms with E-state index in [4.69, 9.17) is 10.00 Å². The molecular formula is C17H18N2O2. The van der Waals surface area contributed by atoms with Crippen LogP contribution in [0.5, 0.6) is 0 Å². The third-order valence-electron chi connectivity index (χ3n) is 4.36. The summed E-state index contributed by atoms with van der Waals surface area (Å²) in [4.78, 5) is 15.2. The molecule has 21 heavy (non-hydrogen) atoms. The maximum absolute atomic E-state index is 12.1. The highest BCUT2D eigenvalue weighted by Crippen LogP contribution is 2.41. The molecule has 1 saturated carbocycles. The number of esters is 1. The highest BCUT2D eigenvalue weighted by Gasteiger charge is 2.35. The van der Waals surface area contributed by atoms with Crippen molar-refractivity contribution in [3.63, 3.8) is 0 Å². The first-order chi connectivity index (χ1) is 10.2. The molecule has 3 rings (SSSR count). The van der Waals surface area contributed by atoms with Crippen molar-refractivity contribution < 1.29 is 9.53 Å². The van der Waals surface area contributed by atoms with Crippen LogP contribution >= 0.6 is 0 Å². The molecule has 1 heterocycles. The van der Waals surface area contributed by atoms with Gasteiger partial charge >= 0.3 is 5.97 Å². The number of carbonyl (C=O) groups excluding carboxylic acids is 1. The molecule has 0 amide bonds. The van der Waals surface area contributed by atoms with E-state index in [-0.39, 0.29) is 17.8 Å². The molecule has 0 spiro atoms. The highest BCUT2D eigenvalue weighted by molar-refractivity contribution is 5.86. The van der Waals surface area contributed by atoms with Crippen molar-refractivity contribution in [3.8, 4) is 6.07 Å². The summed E-state index contributed by atoms with van der Waals surface area (Å²) in [7, 11) is 0. The van der Waals surface area contributed by atoms with Gasteiger partial charge in [0.25, 0.3) is 0 Å². The van der Waals surface area contributed by atoms with Crippen molar-refractivity contribution in [1.82, 2.24) is 4.98 Å². The Balaban J connectivity index is 1.95. The number of benzene rings is 1. The van der Waals surface area contributed by atoms with Gasteiger partial charge in [-0.15, -0.1) is 0 Å². The van der Waals surface area contributed by atoms with E-state index in [1.165, 1.54) is 0 Å². The Bertz CT molecular complexity index is 711. The van der Waals surface area contributed by atoms with Crippen molar-refractivity contribution in [2.45, 2.75) is 32.1 Å². The van der Waals surface area contributed by atoms with Crippen molar-refractivity contribution >= 4 is 16.9 Å². The number of H-pyrrole nitrogens is 1. The Hall–Kier alpha value is -2.28. The zero-order valence-electron chi connectivity index (χ0n) is 12.1. The van der Waals surface area contributed by atoms with Crippen LogP contribution in [0.4, 0.5) is 0 Å². The van der Waals surface area contributed by atoms with Crippen molar-refractivity contribution in [1.29, 1.82) is 5.26 Å². The Morgan fingerprint density at radius 1 is 1.48 bits per heavy atom. The van der Waals surface area contributed by atoms with E-state index in [9.17, 15) is 4.79 Å². The van der Waals surface area contributed by atoms with E-state index in [2.05, 4.69) is 17.1 Å². The summed E-state index contributed by atoms with van der Waals surface area (Å²) in [6, 6.07) is 8.30. The van der Waals surface area contributed by atoms with Gasteiger partial charge in [0.2, 0.25) is 0 Å². The SMILES string of the molecule is CCOC(=O)C1CCCC1c1ccc2[nH]cc(C#N)c2c1. The number of rotatable bonds is 3. The van der Waals surface area contributed by atoms with Crippen LogP contribution < -0.4 is 0 Å². The molecule has 0 bridgehead atoms. The molecule has 1 aromatic carbocycles. The van der Waals surface area contributed by atoms with Crippen LogP contribution in [-0.2, 0) is 9.53 Å². The summed E-state index contributed by atoms with van der Waals surface area (Å²) < 4.78 is 5.20. The van der Waals surface area contributed by atoms with Gasteiger partial charge in [-0.2, -0.15) is 5.26 Å². The summed E-state index contributed by atoms with van der Waals surface area (Å²) in [6.45, 7) is 2.27. The Kier molecular flexibility index (Phi) is 3.66. The maximum Gasteiger partial charge on any atom is 0.309 e. The molecule has 0 aliphatic heterocycles. The number of aromatic amines is 1. The minimum atomic E-state index is -0.0883. The topological polar surface area (TPSA) is 65.9 Å². The summed E-state index contributed by atoms with van der Waals surface area (Å²) >= 11 is 0. The molecule has 1 fully saturated rings. The number of hydrogen-bond donors (Lipinski definition) is 1. The minimum Gasteiger partial charge on any atom is -0.466 e. The Labute approximate surface area is 123 Å². The number of hydrogen-bond acceptors (Lipinski definition) is 3. The van der Waals surface area contributed by atoms with Gasteiger partial charge in [0, 0.05) is 17.1 Å². The quantitative estimate of drug-likeness (QED) is 0.876. The molecule has 4 nitrogen and oxygen atoms in total. The standard InChI is InChI=1S/C17H18N2O2/c1-2-21-17(20)14-5-3-4-13(14)11-6-7-16-15(8-11)12(9-18)10-19-16/h6-8,10,13-14,19H,2-5H2,1H3. The number of ether oxygens (including phenoxy) is 1. The fourth-order valence-corrected chi connectivity index (χ4v) is 3.35. The lowest BCUT2D eigenvalue weighted by Crippen LogP contribution is -2.20. The second-order valence-corrected chi connectivity index (χ2v) is 5.52. The van der Waals surface area contributed by atoms with E-state index < -0.39 is 0 Å². The van der Waals surface area contributed by atoms with Crippen LogP contribution in [0.15, 0.2) is 24.4 Å². The summed E-state index contributed by atoms with van der Waals surface area (Å²) in [5.74, 6) is 0.0662. The predicted molar refractivity (Wildman–Crippen MR) is 79.7 cm³/mol. The van der Waals surface area contributed by atoms with Crippen LogP contribution in [0.25, 0.3) is 10.9 Å². The average Bonchev–Trinajstić information content (AvgIpc) is 3.13. The van der Waals surface area contributed by atoms with E-state index in [0.29, 0.717) is 12.2 Å². The van der Waals surface area contributed by atoms with Crippen molar-refractivity contribution in [2.75, 3.05) is 6.61 Å². The number of aromatic nitrogens is 1. The van der Waals surface area contributed by atoms with Crippen LogP contribution in [0.2, 0.25) is 0 Å². The lowest BCUT2D eigenvalue weighted by molar-refractivity contribution is -0.148. The van der Waals surface area contributed by atoms with Gasteiger partial charge in [0.05, 0.1) is 18.1 Å². The zero-order chi connectivity index (χ0) is 14.8. The van der Waals surface area contributed by atoms with E-state index in [1.807, 2.05) is 19.1 Å². The first kappa shape index (κ1) is 13.7. The monoisotopic (exact) mass is 282 g/mol. The molecule has 108 valence electrons. The average molecular weight is 282 g/mol. The summed E-state index contributed by atoms with van der Waals surface area (Å²) in [6.07, 6.45) is 4.66. The van der Waals surface area contributed by atoms with E-state index in [0.717, 1.165) is 35.7 Å². The Morgan fingerprint density at radius 2 is 2.33 bits per heavy atom. The fraction of sp³-hybridized carbons (Fsp3) is 0.412. The second-order valence-electron chi connectivity index (χ2n) is 5.52. The molecule has 1 N–H and O–H groups in total. The van der Waals surface area contributed by atoms with Crippen LogP contribution in [0, 0.1) is 17.2 Å².